The number of benzene rings is 1. The van der Waals surface area contributed by atoms with Crippen LogP contribution in [0.3, 0.4) is 0 Å². The maximum atomic E-state index is 6.05. The van der Waals surface area contributed by atoms with E-state index < -0.39 is 0 Å². The number of nitrogens with two attached hydrogens (primary N) is 1. The minimum Gasteiger partial charge on any atom is -0.398 e. The second-order valence-corrected chi connectivity index (χ2v) is 4.76. The van der Waals surface area contributed by atoms with Gasteiger partial charge in [-0.2, -0.15) is 0 Å². The van der Waals surface area contributed by atoms with Crippen molar-refractivity contribution in [1.82, 2.24) is 14.5 Å². The van der Waals surface area contributed by atoms with Gasteiger partial charge in [-0.25, -0.2) is 4.98 Å². The molecule has 0 unspecified atom stereocenters. The molecule has 0 aliphatic rings. The smallest absolute Gasteiger partial charge is 0.142 e. The first-order chi connectivity index (χ1) is 9.68. The summed E-state index contributed by atoms with van der Waals surface area (Å²) in [6.07, 6.45) is 3.59. The summed E-state index contributed by atoms with van der Waals surface area (Å²) in [5, 5.41) is 0. The van der Waals surface area contributed by atoms with Gasteiger partial charge in [0.15, 0.2) is 0 Å². The van der Waals surface area contributed by atoms with Crippen LogP contribution in [0, 0.1) is 6.92 Å². The molecule has 0 bridgehead atoms. The fraction of sp³-hybridized carbons (Fsp3) is 0.125. The first kappa shape index (κ1) is 12.4. The van der Waals surface area contributed by atoms with Crippen molar-refractivity contribution >= 4 is 5.69 Å². The van der Waals surface area contributed by atoms with E-state index in [9.17, 15) is 0 Å². The predicted molar refractivity (Wildman–Crippen MR) is 81.0 cm³/mol. The summed E-state index contributed by atoms with van der Waals surface area (Å²) >= 11 is 0. The SMILES string of the molecule is Cc1c(-c2cccnc2)nc(-c2ccccc2N)n1C. The van der Waals surface area contributed by atoms with Crippen molar-refractivity contribution in [2.75, 3.05) is 5.73 Å². The Bertz CT molecular complexity index is 744. The molecule has 2 heterocycles. The average molecular weight is 264 g/mol. The summed E-state index contributed by atoms with van der Waals surface area (Å²) in [7, 11) is 2.00. The highest BCUT2D eigenvalue weighted by Gasteiger charge is 2.15. The molecule has 0 amide bonds. The molecule has 1 aromatic carbocycles. The van der Waals surface area contributed by atoms with Crippen LogP contribution in [0.5, 0.6) is 0 Å². The fourth-order valence-corrected chi connectivity index (χ4v) is 2.30. The first-order valence-electron chi connectivity index (χ1n) is 6.47. The number of hydrogen-bond donors (Lipinski definition) is 1. The molecule has 0 saturated heterocycles. The summed E-state index contributed by atoms with van der Waals surface area (Å²) in [4.78, 5) is 8.91. The van der Waals surface area contributed by atoms with E-state index in [0.29, 0.717) is 0 Å². The van der Waals surface area contributed by atoms with Gasteiger partial charge < -0.3 is 10.3 Å². The van der Waals surface area contributed by atoms with Crippen LogP contribution in [0.4, 0.5) is 5.69 Å². The van der Waals surface area contributed by atoms with Gasteiger partial charge in [0.05, 0.1) is 5.69 Å². The van der Waals surface area contributed by atoms with E-state index in [1.165, 1.54) is 0 Å². The molecule has 0 radical (unpaired) electrons. The molecule has 3 aromatic rings. The van der Waals surface area contributed by atoms with Crippen LogP contribution in [0.1, 0.15) is 5.69 Å². The third kappa shape index (κ3) is 1.95. The van der Waals surface area contributed by atoms with Crippen LogP contribution in [0.15, 0.2) is 48.8 Å². The molecular formula is C16H16N4. The monoisotopic (exact) mass is 264 g/mol. The minimum atomic E-state index is 0.735. The second kappa shape index (κ2) is 4.81. The standard InChI is InChI=1S/C16H16N4/c1-11-15(12-6-5-9-18-10-12)19-16(20(11)2)13-7-3-4-8-14(13)17/h3-10H,17H2,1-2H3. The zero-order valence-corrected chi connectivity index (χ0v) is 11.5. The van der Waals surface area contributed by atoms with E-state index in [0.717, 1.165) is 34.0 Å². The summed E-state index contributed by atoms with van der Waals surface area (Å²) < 4.78 is 2.06. The van der Waals surface area contributed by atoms with Crippen LogP contribution in [0.2, 0.25) is 0 Å². The van der Waals surface area contributed by atoms with Gasteiger partial charge in [-0.05, 0) is 31.2 Å². The first-order valence-corrected chi connectivity index (χ1v) is 6.47. The molecule has 0 fully saturated rings. The Balaban J connectivity index is 2.19. The molecule has 0 spiro atoms. The molecule has 100 valence electrons. The number of para-hydroxylation sites is 1. The van der Waals surface area contributed by atoms with Gasteiger partial charge in [-0.1, -0.05) is 12.1 Å². The number of anilines is 1. The van der Waals surface area contributed by atoms with Crippen molar-refractivity contribution < 1.29 is 0 Å². The normalized spacial score (nSPS) is 10.7. The van der Waals surface area contributed by atoms with E-state index in [-0.39, 0.29) is 0 Å². The lowest BCUT2D eigenvalue weighted by atomic mass is 10.1. The summed E-state index contributed by atoms with van der Waals surface area (Å²) in [5.74, 6) is 0.874. The van der Waals surface area contributed by atoms with Crippen molar-refractivity contribution in [3.63, 3.8) is 0 Å². The summed E-state index contributed by atoms with van der Waals surface area (Å²) in [6, 6.07) is 11.7. The van der Waals surface area contributed by atoms with Gasteiger partial charge in [-0.15, -0.1) is 0 Å². The van der Waals surface area contributed by atoms with Crippen LogP contribution >= 0.6 is 0 Å². The Morgan fingerprint density at radius 2 is 1.90 bits per heavy atom. The largest absolute Gasteiger partial charge is 0.398 e. The fourth-order valence-electron chi connectivity index (χ4n) is 2.30. The minimum absolute atomic E-state index is 0.735. The molecule has 2 N–H and O–H groups in total. The number of imidazole rings is 1. The zero-order valence-electron chi connectivity index (χ0n) is 11.5. The Labute approximate surface area is 117 Å². The highest BCUT2D eigenvalue weighted by Crippen LogP contribution is 2.30. The second-order valence-electron chi connectivity index (χ2n) is 4.76. The van der Waals surface area contributed by atoms with Gasteiger partial charge in [-0.3, -0.25) is 4.98 Å². The molecule has 4 heteroatoms. The highest BCUT2D eigenvalue weighted by molar-refractivity contribution is 5.75. The van der Waals surface area contributed by atoms with Crippen LogP contribution in [0.25, 0.3) is 22.6 Å². The van der Waals surface area contributed by atoms with Crippen LogP contribution < -0.4 is 5.73 Å². The van der Waals surface area contributed by atoms with Gasteiger partial charge in [0.2, 0.25) is 0 Å². The van der Waals surface area contributed by atoms with Crippen molar-refractivity contribution in [2.45, 2.75) is 6.92 Å². The lowest BCUT2D eigenvalue weighted by Crippen LogP contribution is -1.97. The van der Waals surface area contributed by atoms with Crippen LogP contribution in [-0.2, 0) is 7.05 Å². The molecule has 0 aliphatic carbocycles. The van der Waals surface area contributed by atoms with Crippen molar-refractivity contribution in [3.8, 4) is 22.6 Å². The van der Waals surface area contributed by atoms with Crippen molar-refractivity contribution in [3.05, 3.63) is 54.5 Å². The van der Waals surface area contributed by atoms with Gasteiger partial charge in [0.1, 0.15) is 5.82 Å². The topological polar surface area (TPSA) is 56.7 Å². The van der Waals surface area contributed by atoms with Gasteiger partial charge in [0.25, 0.3) is 0 Å². The summed E-state index contributed by atoms with van der Waals surface area (Å²) in [5.41, 5.74) is 10.8. The van der Waals surface area contributed by atoms with E-state index in [1.807, 2.05) is 49.6 Å². The van der Waals surface area contributed by atoms with Gasteiger partial charge in [0, 0.05) is 41.9 Å². The molecule has 3 rings (SSSR count). The Hall–Kier alpha value is -2.62. The molecule has 0 aliphatic heterocycles. The molecule has 2 aromatic heterocycles. The quantitative estimate of drug-likeness (QED) is 0.724. The van der Waals surface area contributed by atoms with Crippen LogP contribution in [-0.4, -0.2) is 14.5 Å². The van der Waals surface area contributed by atoms with E-state index in [2.05, 4.69) is 16.5 Å². The van der Waals surface area contributed by atoms with Crippen molar-refractivity contribution in [1.29, 1.82) is 0 Å². The Kier molecular flexibility index (Phi) is 2.99. The molecule has 4 nitrogen and oxygen atoms in total. The van der Waals surface area contributed by atoms with Gasteiger partial charge >= 0.3 is 0 Å². The number of hydrogen-bond acceptors (Lipinski definition) is 3. The molecule has 0 atom stereocenters. The Morgan fingerprint density at radius 1 is 1.10 bits per heavy atom. The van der Waals surface area contributed by atoms with Crippen molar-refractivity contribution in [2.24, 2.45) is 7.05 Å². The number of nitrogen functional groups attached to an aromatic ring is 1. The third-order valence-electron chi connectivity index (χ3n) is 3.52. The summed E-state index contributed by atoms with van der Waals surface area (Å²) in [6.45, 7) is 2.05. The van der Waals surface area contributed by atoms with E-state index >= 15 is 0 Å². The molecular weight excluding hydrogens is 248 g/mol. The number of aromatic nitrogens is 3. The lowest BCUT2D eigenvalue weighted by Gasteiger charge is -2.05. The number of nitrogens with zero attached hydrogens (tertiary/aromatic N) is 3. The predicted octanol–water partition coefficient (Wildman–Crippen LogP) is 3.04. The molecule has 20 heavy (non-hydrogen) atoms. The van der Waals surface area contributed by atoms with E-state index in [1.54, 1.807) is 6.20 Å². The highest BCUT2D eigenvalue weighted by atomic mass is 15.1. The zero-order chi connectivity index (χ0) is 14.1. The average Bonchev–Trinajstić information content (AvgIpc) is 2.77. The third-order valence-corrected chi connectivity index (χ3v) is 3.52. The maximum absolute atomic E-state index is 6.05. The Morgan fingerprint density at radius 3 is 2.60 bits per heavy atom. The lowest BCUT2D eigenvalue weighted by molar-refractivity contribution is 0.885. The van der Waals surface area contributed by atoms with E-state index in [4.69, 9.17) is 10.7 Å². The number of pyridine rings is 1. The molecule has 0 saturated carbocycles. The number of rotatable bonds is 2. The maximum Gasteiger partial charge on any atom is 0.142 e.